The van der Waals surface area contributed by atoms with Gasteiger partial charge < -0.3 is 10.1 Å². The van der Waals surface area contributed by atoms with Crippen LogP contribution in [-0.4, -0.2) is 36.7 Å². The number of aromatic amines is 2. The van der Waals surface area contributed by atoms with Crippen LogP contribution in [0, 0.1) is 5.82 Å². The first-order valence-corrected chi connectivity index (χ1v) is 9.49. The van der Waals surface area contributed by atoms with Gasteiger partial charge in [-0.05, 0) is 42.0 Å². The summed E-state index contributed by atoms with van der Waals surface area (Å²) < 4.78 is 13.3. The Bertz CT molecular complexity index is 1130. The first-order chi connectivity index (χ1) is 14.2. The molecule has 0 fully saturated rings. The van der Waals surface area contributed by atoms with Gasteiger partial charge >= 0.3 is 0 Å². The third kappa shape index (κ3) is 3.40. The molecule has 0 saturated carbocycles. The molecular formula is C22H20FN5O. The van der Waals surface area contributed by atoms with Gasteiger partial charge in [0.05, 0.1) is 29.6 Å². The Kier molecular flexibility index (Phi) is 4.37. The van der Waals surface area contributed by atoms with Crippen molar-refractivity contribution in [2.24, 2.45) is 0 Å². The highest BCUT2D eigenvalue weighted by molar-refractivity contribution is 5.62. The average Bonchev–Trinajstić information content (AvgIpc) is 3.37. The van der Waals surface area contributed by atoms with E-state index in [9.17, 15) is 9.50 Å². The smallest absolute Gasteiger partial charge is 0.123 e. The fraction of sp³-hybridized carbons (Fsp3) is 0.182. The number of hydrogen-bond donors (Lipinski definition) is 3. The maximum absolute atomic E-state index is 13.3. The van der Waals surface area contributed by atoms with Crippen LogP contribution in [0.15, 0.2) is 61.1 Å². The number of halogens is 1. The Morgan fingerprint density at radius 1 is 1.17 bits per heavy atom. The topological polar surface area (TPSA) is 80.8 Å². The van der Waals surface area contributed by atoms with Gasteiger partial charge in [0.15, 0.2) is 0 Å². The van der Waals surface area contributed by atoms with E-state index in [-0.39, 0.29) is 17.5 Å². The zero-order valence-corrected chi connectivity index (χ0v) is 15.6. The van der Waals surface area contributed by atoms with Crippen LogP contribution in [-0.2, 0) is 13.1 Å². The Labute approximate surface area is 167 Å². The van der Waals surface area contributed by atoms with Crippen molar-refractivity contribution in [1.29, 1.82) is 0 Å². The lowest BCUT2D eigenvalue weighted by atomic mass is 9.90. The van der Waals surface area contributed by atoms with Crippen LogP contribution >= 0.6 is 0 Å². The van der Waals surface area contributed by atoms with E-state index in [1.165, 1.54) is 12.1 Å². The first-order valence-electron chi connectivity index (χ1n) is 9.49. The molecule has 1 aliphatic heterocycles. The highest BCUT2D eigenvalue weighted by Gasteiger charge is 2.29. The number of aromatic nitrogens is 4. The summed E-state index contributed by atoms with van der Waals surface area (Å²) in [6.07, 6.45) is 3.55. The lowest BCUT2D eigenvalue weighted by Crippen LogP contribution is -2.33. The number of phenolic OH excluding ortho intramolecular Hbond substituents is 1. The molecule has 2 aromatic carbocycles. The minimum absolute atomic E-state index is 0.0678. The van der Waals surface area contributed by atoms with E-state index in [4.69, 9.17) is 0 Å². The molecule has 0 bridgehead atoms. The molecular weight excluding hydrogens is 369 g/mol. The summed E-state index contributed by atoms with van der Waals surface area (Å²) in [7, 11) is 0. The Morgan fingerprint density at radius 2 is 2.03 bits per heavy atom. The van der Waals surface area contributed by atoms with Gasteiger partial charge in [0, 0.05) is 36.7 Å². The van der Waals surface area contributed by atoms with E-state index in [0.717, 1.165) is 46.9 Å². The minimum atomic E-state index is -0.258. The summed E-state index contributed by atoms with van der Waals surface area (Å²) >= 11 is 0. The van der Waals surface area contributed by atoms with E-state index in [0.29, 0.717) is 6.54 Å². The number of nitrogens with zero attached hydrogens (tertiary/aromatic N) is 3. The van der Waals surface area contributed by atoms with Gasteiger partial charge in [-0.25, -0.2) is 9.37 Å². The number of aromatic hydroxyl groups is 1. The van der Waals surface area contributed by atoms with Crippen LogP contribution in [0.2, 0.25) is 0 Å². The van der Waals surface area contributed by atoms with E-state index in [1.54, 1.807) is 30.6 Å². The molecule has 3 N–H and O–H groups in total. The first kappa shape index (κ1) is 17.6. The SMILES string of the molecule is Oc1cccc(C2CN(Cc3cn[nH]c3-c3ccc(F)cc3)Cc3[nH]cnc32)c1. The van der Waals surface area contributed by atoms with E-state index >= 15 is 0 Å². The largest absolute Gasteiger partial charge is 0.508 e. The van der Waals surface area contributed by atoms with Crippen LogP contribution in [0.1, 0.15) is 28.4 Å². The summed E-state index contributed by atoms with van der Waals surface area (Å²) in [5, 5.41) is 17.2. The van der Waals surface area contributed by atoms with Gasteiger partial charge in [0.1, 0.15) is 11.6 Å². The highest BCUT2D eigenvalue weighted by Crippen LogP contribution is 2.34. The van der Waals surface area contributed by atoms with E-state index < -0.39 is 0 Å². The van der Waals surface area contributed by atoms with Gasteiger partial charge in [-0.15, -0.1) is 0 Å². The lowest BCUT2D eigenvalue weighted by molar-refractivity contribution is 0.228. The van der Waals surface area contributed by atoms with Crippen LogP contribution in [0.3, 0.4) is 0 Å². The molecule has 29 heavy (non-hydrogen) atoms. The van der Waals surface area contributed by atoms with Crippen LogP contribution in [0.5, 0.6) is 5.75 Å². The fourth-order valence-corrected chi connectivity index (χ4v) is 4.06. The zero-order chi connectivity index (χ0) is 19.8. The van der Waals surface area contributed by atoms with Gasteiger partial charge in [-0.1, -0.05) is 12.1 Å². The highest BCUT2D eigenvalue weighted by atomic mass is 19.1. The molecule has 1 aliphatic rings. The molecule has 3 heterocycles. The number of nitrogens with one attached hydrogen (secondary N) is 2. The molecule has 0 aliphatic carbocycles. The summed E-state index contributed by atoms with van der Waals surface area (Å²) in [5.74, 6) is 0.0648. The van der Waals surface area contributed by atoms with Gasteiger partial charge in [-0.2, -0.15) is 5.10 Å². The van der Waals surface area contributed by atoms with Crippen molar-refractivity contribution in [2.75, 3.05) is 6.54 Å². The lowest BCUT2D eigenvalue weighted by Gasteiger charge is -2.32. The normalized spacial score (nSPS) is 16.7. The molecule has 0 radical (unpaired) electrons. The fourth-order valence-electron chi connectivity index (χ4n) is 4.06. The van der Waals surface area contributed by atoms with E-state index in [1.807, 2.05) is 18.3 Å². The van der Waals surface area contributed by atoms with Crippen LogP contribution in [0.4, 0.5) is 4.39 Å². The molecule has 1 unspecified atom stereocenters. The van der Waals surface area contributed by atoms with Gasteiger partial charge in [-0.3, -0.25) is 10.00 Å². The molecule has 0 saturated heterocycles. The summed E-state index contributed by atoms with van der Waals surface area (Å²) in [5.41, 5.74) is 5.99. The van der Waals surface area contributed by atoms with E-state index in [2.05, 4.69) is 25.1 Å². The quantitative estimate of drug-likeness (QED) is 0.496. The monoisotopic (exact) mass is 389 g/mol. The van der Waals surface area contributed by atoms with Crippen molar-refractivity contribution in [3.05, 3.63) is 89.4 Å². The number of benzene rings is 2. The Morgan fingerprint density at radius 3 is 2.86 bits per heavy atom. The van der Waals surface area contributed by atoms with Crippen molar-refractivity contribution in [3.63, 3.8) is 0 Å². The molecule has 6 nitrogen and oxygen atoms in total. The van der Waals surface area contributed by atoms with Gasteiger partial charge in [0.2, 0.25) is 0 Å². The number of H-pyrrole nitrogens is 2. The molecule has 5 rings (SSSR count). The standard InChI is InChI=1S/C22H20FN5O/c23-17-6-4-14(5-7-17)21-16(9-26-27-21)10-28-11-19(15-2-1-3-18(29)8-15)22-20(12-28)24-13-25-22/h1-9,13,19,29H,10-12H2,(H,24,25)(H,26,27). The Balaban J connectivity index is 1.44. The van der Waals surface area contributed by atoms with Gasteiger partial charge in [0.25, 0.3) is 0 Å². The molecule has 0 spiro atoms. The molecule has 2 aromatic heterocycles. The molecule has 7 heteroatoms. The predicted molar refractivity (Wildman–Crippen MR) is 107 cm³/mol. The maximum atomic E-state index is 13.3. The second-order valence-electron chi connectivity index (χ2n) is 7.36. The number of imidazole rings is 1. The molecule has 146 valence electrons. The summed E-state index contributed by atoms with van der Waals surface area (Å²) in [4.78, 5) is 10.1. The minimum Gasteiger partial charge on any atom is -0.508 e. The van der Waals surface area contributed by atoms with Crippen molar-refractivity contribution in [1.82, 2.24) is 25.1 Å². The van der Waals surface area contributed by atoms with Crippen molar-refractivity contribution in [2.45, 2.75) is 19.0 Å². The van der Waals surface area contributed by atoms with Crippen molar-refractivity contribution in [3.8, 4) is 17.0 Å². The molecule has 4 aromatic rings. The third-order valence-electron chi connectivity index (χ3n) is 5.42. The number of hydrogen-bond acceptors (Lipinski definition) is 4. The number of phenols is 1. The average molecular weight is 389 g/mol. The predicted octanol–water partition coefficient (Wildman–Crippen LogP) is 3.79. The van der Waals surface area contributed by atoms with Crippen LogP contribution < -0.4 is 0 Å². The van der Waals surface area contributed by atoms with Crippen molar-refractivity contribution < 1.29 is 9.50 Å². The molecule has 1 atom stereocenters. The summed E-state index contributed by atoms with van der Waals surface area (Å²) in [6.45, 7) is 2.21. The maximum Gasteiger partial charge on any atom is 0.123 e. The zero-order valence-electron chi connectivity index (χ0n) is 15.6. The number of fused-ring (bicyclic) bond motifs is 1. The number of rotatable bonds is 4. The van der Waals surface area contributed by atoms with Crippen molar-refractivity contribution >= 4 is 0 Å². The molecule has 0 amide bonds. The second kappa shape index (κ2) is 7.18. The summed E-state index contributed by atoms with van der Waals surface area (Å²) in [6, 6.07) is 13.8. The third-order valence-corrected chi connectivity index (χ3v) is 5.42. The Hall–Kier alpha value is -3.45. The van der Waals surface area contributed by atoms with Crippen LogP contribution in [0.25, 0.3) is 11.3 Å². The second-order valence-corrected chi connectivity index (χ2v) is 7.36.